The van der Waals surface area contributed by atoms with E-state index >= 15 is 0 Å². The SMILES string of the molecule is CC(=O)Nc1nc2ccc(NC(=O)CCOc3ccc(C)cc3C)cc2s1. The number of aryl methyl sites for hydroxylation is 2. The fourth-order valence-corrected chi connectivity index (χ4v) is 3.60. The molecule has 0 fully saturated rings. The Morgan fingerprint density at radius 3 is 2.67 bits per heavy atom. The van der Waals surface area contributed by atoms with Crippen molar-refractivity contribution in [1.82, 2.24) is 4.98 Å². The number of aromatic nitrogens is 1. The third-order valence-corrected chi connectivity index (χ3v) is 4.81. The van der Waals surface area contributed by atoms with Crippen LogP contribution in [0.5, 0.6) is 5.75 Å². The van der Waals surface area contributed by atoms with Gasteiger partial charge in [-0.1, -0.05) is 29.0 Å². The van der Waals surface area contributed by atoms with Gasteiger partial charge in [0.25, 0.3) is 0 Å². The maximum atomic E-state index is 12.2. The molecule has 0 spiro atoms. The van der Waals surface area contributed by atoms with Crippen LogP contribution in [0.25, 0.3) is 10.2 Å². The van der Waals surface area contributed by atoms with Gasteiger partial charge < -0.3 is 15.4 Å². The van der Waals surface area contributed by atoms with Crippen molar-refractivity contribution in [2.75, 3.05) is 17.2 Å². The van der Waals surface area contributed by atoms with Crippen molar-refractivity contribution >= 4 is 44.2 Å². The van der Waals surface area contributed by atoms with Gasteiger partial charge in [-0.15, -0.1) is 0 Å². The summed E-state index contributed by atoms with van der Waals surface area (Å²) in [5, 5.41) is 6.08. The molecule has 0 aliphatic carbocycles. The first-order valence-corrected chi connectivity index (χ1v) is 9.40. The number of benzene rings is 2. The molecular formula is C20H21N3O3S. The molecule has 27 heavy (non-hydrogen) atoms. The van der Waals surface area contributed by atoms with Crippen LogP contribution in [0.2, 0.25) is 0 Å². The Hall–Kier alpha value is -2.93. The number of fused-ring (bicyclic) bond motifs is 1. The summed E-state index contributed by atoms with van der Waals surface area (Å²) in [4.78, 5) is 27.6. The minimum absolute atomic E-state index is 0.120. The zero-order chi connectivity index (χ0) is 19.4. The first-order chi connectivity index (χ1) is 12.9. The standard InChI is InChI=1S/C20H21N3O3S/c1-12-4-7-17(13(2)10-12)26-9-8-19(25)22-15-5-6-16-18(11-15)27-20(23-16)21-14(3)24/h4-7,10-11H,8-9H2,1-3H3,(H,22,25)(H,21,23,24). The number of rotatable bonds is 6. The number of nitrogens with one attached hydrogen (secondary N) is 2. The maximum Gasteiger partial charge on any atom is 0.227 e. The molecule has 3 aromatic rings. The quantitative estimate of drug-likeness (QED) is 0.666. The number of anilines is 2. The van der Waals surface area contributed by atoms with Crippen LogP contribution in [0.1, 0.15) is 24.5 Å². The van der Waals surface area contributed by atoms with Gasteiger partial charge >= 0.3 is 0 Å². The fraction of sp³-hybridized carbons (Fsp3) is 0.250. The number of hydrogen-bond acceptors (Lipinski definition) is 5. The number of carbonyl (C=O) groups excluding carboxylic acids is 2. The predicted molar refractivity (Wildman–Crippen MR) is 109 cm³/mol. The molecule has 2 aromatic carbocycles. The van der Waals surface area contributed by atoms with Crippen LogP contribution in [-0.2, 0) is 9.59 Å². The van der Waals surface area contributed by atoms with Gasteiger partial charge in [-0.3, -0.25) is 9.59 Å². The van der Waals surface area contributed by atoms with E-state index in [2.05, 4.69) is 21.7 Å². The Morgan fingerprint density at radius 2 is 1.93 bits per heavy atom. The highest BCUT2D eigenvalue weighted by Gasteiger charge is 2.08. The van der Waals surface area contributed by atoms with Crippen molar-refractivity contribution in [3.05, 3.63) is 47.5 Å². The number of carbonyl (C=O) groups is 2. The number of amides is 2. The molecule has 2 amide bonds. The summed E-state index contributed by atoms with van der Waals surface area (Å²) < 4.78 is 6.59. The zero-order valence-electron chi connectivity index (χ0n) is 15.5. The molecule has 140 valence electrons. The van der Waals surface area contributed by atoms with Gasteiger partial charge in [0.1, 0.15) is 5.75 Å². The van der Waals surface area contributed by atoms with E-state index in [0.717, 1.165) is 21.5 Å². The van der Waals surface area contributed by atoms with E-state index < -0.39 is 0 Å². The summed E-state index contributed by atoms with van der Waals surface area (Å²) in [6.07, 6.45) is 0.255. The molecular weight excluding hydrogens is 362 g/mol. The molecule has 3 rings (SSSR count). The number of hydrogen-bond donors (Lipinski definition) is 2. The minimum atomic E-state index is -0.161. The molecule has 1 aromatic heterocycles. The van der Waals surface area contributed by atoms with Crippen LogP contribution in [0.4, 0.5) is 10.8 Å². The Kier molecular flexibility index (Phi) is 5.71. The Balaban J connectivity index is 1.56. The lowest BCUT2D eigenvalue weighted by Gasteiger charge is -2.10. The highest BCUT2D eigenvalue weighted by Crippen LogP contribution is 2.28. The van der Waals surface area contributed by atoms with Crippen LogP contribution in [0.15, 0.2) is 36.4 Å². The van der Waals surface area contributed by atoms with Gasteiger partial charge in [0, 0.05) is 12.6 Å². The first-order valence-electron chi connectivity index (χ1n) is 8.59. The summed E-state index contributed by atoms with van der Waals surface area (Å²) in [6.45, 7) is 5.77. The van der Waals surface area contributed by atoms with Crippen molar-refractivity contribution in [2.45, 2.75) is 27.2 Å². The fourth-order valence-electron chi connectivity index (χ4n) is 2.64. The average molecular weight is 383 g/mol. The average Bonchev–Trinajstić information content (AvgIpc) is 2.97. The van der Waals surface area contributed by atoms with Crippen molar-refractivity contribution in [3.63, 3.8) is 0 Å². The molecule has 0 saturated carbocycles. The van der Waals surface area contributed by atoms with Crippen LogP contribution >= 0.6 is 11.3 Å². The van der Waals surface area contributed by atoms with E-state index in [4.69, 9.17) is 4.74 Å². The van der Waals surface area contributed by atoms with Crippen molar-refractivity contribution in [2.24, 2.45) is 0 Å². The summed E-state index contributed by atoms with van der Waals surface area (Å²) in [5.74, 6) is 0.516. The number of thiazole rings is 1. The lowest BCUT2D eigenvalue weighted by molar-refractivity contribution is -0.116. The number of nitrogens with zero attached hydrogens (tertiary/aromatic N) is 1. The van der Waals surface area contributed by atoms with E-state index in [-0.39, 0.29) is 18.2 Å². The molecule has 0 aliphatic rings. The Morgan fingerprint density at radius 1 is 1.11 bits per heavy atom. The summed E-state index contributed by atoms with van der Waals surface area (Å²) in [6, 6.07) is 11.4. The molecule has 0 unspecified atom stereocenters. The molecule has 0 atom stereocenters. The van der Waals surface area contributed by atoms with Gasteiger partial charge in [-0.25, -0.2) is 4.98 Å². The molecule has 6 nitrogen and oxygen atoms in total. The van der Waals surface area contributed by atoms with E-state index in [9.17, 15) is 9.59 Å². The first kappa shape index (κ1) is 18.8. The van der Waals surface area contributed by atoms with E-state index in [1.807, 2.05) is 38.1 Å². The van der Waals surface area contributed by atoms with Gasteiger partial charge in [0.2, 0.25) is 11.8 Å². The summed E-state index contributed by atoms with van der Waals surface area (Å²) in [5.41, 5.74) is 3.70. The van der Waals surface area contributed by atoms with E-state index in [1.54, 1.807) is 6.07 Å². The second-order valence-electron chi connectivity index (χ2n) is 6.30. The minimum Gasteiger partial charge on any atom is -0.493 e. The zero-order valence-corrected chi connectivity index (χ0v) is 16.3. The van der Waals surface area contributed by atoms with Crippen LogP contribution in [0, 0.1) is 13.8 Å². The monoisotopic (exact) mass is 383 g/mol. The van der Waals surface area contributed by atoms with Gasteiger partial charge in [-0.2, -0.15) is 0 Å². The molecule has 0 radical (unpaired) electrons. The smallest absolute Gasteiger partial charge is 0.227 e. The van der Waals surface area contributed by atoms with Crippen molar-refractivity contribution in [1.29, 1.82) is 0 Å². The van der Waals surface area contributed by atoms with Gasteiger partial charge in [0.15, 0.2) is 5.13 Å². The van der Waals surface area contributed by atoms with Crippen molar-refractivity contribution < 1.29 is 14.3 Å². The lowest BCUT2D eigenvalue weighted by Crippen LogP contribution is -2.15. The van der Waals surface area contributed by atoms with E-state index in [1.165, 1.54) is 23.8 Å². The van der Waals surface area contributed by atoms with Crippen molar-refractivity contribution in [3.8, 4) is 5.75 Å². The second kappa shape index (κ2) is 8.18. The van der Waals surface area contributed by atoms with Gasteiger partial charge in [0.05, 0.1) is 23.2 Å². The molecule has 7 heteroatoms. The predicted octanol–water partition coefficient (Wildman–Crippen LogP) is 4.28. The van der Waals surface area contributed by atoms with Crippen LogP contribution in [0.3, 0.4) is 0 Å². The largest absolute Gasteiger partial charge is 0.493 e. The normalized spacial score (nSPS) is 10.6. The molecule has 0 aliphatic heterocycles. The van der Waals surface area contributed by atoms with Crippen LogP contribution < -0.4 is 15.4 Å². The molecule has 0 saturated heterocycles. The number of ether oxygens (including phenoxy) is 1. The molecule has 0 bridgehead atoms. The second-order valence-corrected chi connectivity index (χ2v) is 7.33. The third kappa shape index (κ3) is 5.04. The highest BCUT2D eigenvalue weighted by molar-refractivity contribution is 7.22. The highest BCUT2D eigenvalue weighted by atomic mass is 32.1. The topological polar surface area (TPSA) is 80.3 Å². The Bertz CT molecular complexity index is 997. The lowest BCUT2D eigenvalue weighted by atomic mass is 10.1. The summed E-state index contributed by atoms with van der Waals surface area (Å²) >= 11 is 1.37. The van der Waals surface area contributed by atoms with Crippen LogP contribution in [-0.4, -0.2) is 23.4 Å². The van der Waals surface area contributed by atoms with Gasteiger partial charge in [-0.05, 0) is 43.7 Å². The third-order valence-electron chi connectivity index (χ3n) is 3.87. The summed E-state index contributed by atoms with van der Waals surface area (Å²) in [7, 11) is 0. The maximum absolute atomic E-state index is 12.2. The Labute approximate surface area is 161 Å². The molecule has 2 N–H and O–H groups in total. The van der Waals surface area contributed by atoms with E-state index in [0.29, 0.717) is 17.4 Å². The molecule has 1 heterocycles.